The number of piperazine rings is 1. The van der Waals surface area contributed by atoms with Crippen LogP contribution in [0.1, 0.15) is 12.8 Å². The Morgan fingerprint density at radius 2 is 1.90 bits per heavy atom. The lowest BCUT2D eigenvalue weighted by atomic mass is 10.0. The Kier molecular flexibility index (Phi) is 6.23. The average Bonchev–Trinajstić information content (AvgIpc) is 3.68. The number of carbonyl (C=O) groups excluding carboxylic acids is 1. The fourth-order valence-electron chi connectivity index (χ4n) is 5.77. The molecule has 5 heterocycles. The zero-order valence-corrected chi connectivity index (χ0v) is 23.3. The van der Waals surface area contributed by atoms with Crippen LogP contribution in [-0.2, 0) is 4.79 Å². The average molecular weight is 571 g/mol. The normalized spacial score (nSPS) is 16.9. The van der Waals surface area contributed by atoms with Crippen LogP contribution in [0.15, 0.2) is 55.0 Å². The minimum atomic E-state index is 0.210. The quantitative estimate of drug-likeness (QED) is 0.314. The van der Waals surface area contributed by atoms with Gasteiger partial charge in [0.1, 0.15) is 17.8 Å². The Labute approximate surface area is 240 Å². The van der Waals surface area contributed by atoms with E-state index in [0.29, 0.717) is 51.9 Å². The Morgan fingerprint density at radius 1 is 1.05 bits per heavy atom. The van der Waals surface area contributed by atoms with Gasteiger partial charge in [-0.15, -0.1) is 10.2 Å². The van der Waals surface area contributed by atoms with Crippen molar-refractivity contribution in [2.24, 2.45) is 0 Å². The number of rotatable bonds is 6. The van der Waals surface area contributed by atoms with Crippen LogP contribution in [0.25, 0.3) is 27.8 Å². The summed E-state index contributed by atoms with van der Waals surface area (Å²) in [7, 11) is 3.15. The largest absolute Gasteiger partial charge is 0.497 e. The molecule has 1 N–H and O–H groups in total. The van der Waals surface area contributed by atoms with E-state index >= 15 is 0 Å². The number of aromatic nitrogens is 5. The van der Waals surface area contributed by atoms with E-state index in [1.165, 1.54) is 0 Å². The van der Waals surface area contributed by atoms with Gasteiger partial charge in [0.25, 0.3) is 0 Å². The second-order valence-electron chi connectivity index (χ2n) is 10.2. The standard InChI is InChI=1S/C29H27ClN8O3/c1-40-21-11-22(26(30)24(12-21)41-2)23-10-17-13-31-29(34-27(17)38-16-32-35-28(23)38)33-18-5-7-19(8-6-18)36-14-20-4-3-9-37(20)25(39)15-36/h5-8,10-13,16,20H,3-4,9,14-15H2,1-2H3,(H,31,33,34)/t20-/m1/s1. The van der Waals surface area contributed by atoms with Gasteiger partial charge in [0.15, 0.2) is 11.3 Å². The number of amides is 1. The minimum absolute atomic E-state index is 0.210. The molecule has 1 amide bonds. The van der Waals surface area contributed by atoms with Crippen LogP contribution in [-0.4, -0.2) is 75.3 Å². The zero-order valence-electron chi connectivity index (χ0n) is 22.5. The van der Waals surface area contributed by atoms with Gasteiger partial charge in [-0.3, -0.25) is 9.20 Å². The maximum atomic E-state index is 12.6. The summed E-state index contributed by atoms with van der Waals surface area (Å²) < 4.78 is 12.7. The molecule has 7 rings (SSSR count). The molecule has 2 aromatic carbocycles. The van der Waals surface area contributed by atoms with Crippen molar-refractivity contribution in [3.05, 3.63) is 60.0 Å². The molecule has 2 aliphatic heterocycles. The van der Waals surface area contributed by atoms with E-state index in [1.807, 2.05) is 45.7 Å². The van der Waals surface area contributed by atoms with Crippen LogP contribution in [0.3, 0.4) is 0 Å². The summed E-state index contributed by atoms with van der Waals surface area (Å²) in [5.74, 6) is 1.74. The first kappa shape index (κ1) is 25.3. The molecule has 0 bridgehead atoms. The van der Waals surface area contributed by atoms with Gasteiger partial charge in [-0.1, -0.05) is 11.6 Å². The smallest absolute Gasteiger partial charge is 0.242 e. The first-order chi connectivity index (χ1) is 20.0. The number of nitrogens with zero attached hydrogens (tertiary/aromatic N) is 7. The van der Waals surface area contributed by atoms with Gasteiger partial charge in [0.05, 0.1) is 25.8 Å². The van der Waals surface area contributed by atoms with E-state index in [1.54, 1.807) is 32.8 Å². The molecule has 0 saturated carbocycles. The summed E-state index contributed by atoms with van der Waals surface area (Å²) in [6.07, 6.45) is 5.53. The van der Waals surface area contributed by atoms with Crippen LogP contribution in [0.5, 0.6) is 11.5 Å². The number of anilines is 3. The Hall–Kier alpha value is -4.64. The Balaban J connectivity index is 1.18. The molecule has 0 radical (unpaired) electrons. The maximum Gasteiger partial charge on any atom is 0.242 e. The molecule has 11 nitrogen and oxygen atoms in total. The summed E-state index contributed by atoms with van der Waals surface area (Å²) in [6.45, 7) is 2.18. The number of hydrogen-bond donors (Lipinski definition) is 1. The number of benzene rings is 2. The molecular formula is C29H27ClN8O3. The number of hydrogen-bond acceptors (Lipinski definition) is 9. The molecule has 0 aliphatic carbocycles. The summed E-state index contributed by atoms with van der Waals surface area (Å²) in [5, 5.41) is 13.0. The van der Waals surface area contributed by atoms with Crippen LogP contribution in [0, 0.1) is 0 Å². The first-order valence-electron chi connectivity index (χ1n) is 13.4. The van der Waals surface area contributed by atoms with Crippen molar-refractivity contribution in [1.29, 1.82) is 0 Å². The number of fused-ring (bicyclic) bond motifs is 4. The van der Waals surface area contributed by atoms with Gasteiger partial charge in [0.2, 0.25) is 11.9 Å². The SMILES string of the molecule is COc1cc(OC)c(Cl)c(-c2cc3cnc(Nc4ccc(N5CC(=O)N6CCC[C@@H]6C5)cc4)nc3n3cnnc23)c1. The molecule has 0 unspecified atom stereocenters. The van der Waals surface area contributed by atoms with Crippen molar-refractivity contribution >= 4 is 51.5 Å². The predicted octanol–water partition coefficient (Wildman–Crippen LogP) is 4.56. The van der Waals surface area contributed by atoms with Gasteiger partial charge in [0, 0.05) is 59.3 Å². The second-order valence-corrected chi connectivity index (χ2v) is 10.6. The van der Waals surface area contributed by atoms with Crippen LogP contribution >= 0.6 is 11.6 Å². The number of ether oxygens (including phenoxy) is 2. The molecule has 208 valence electrons. The predicted molar refractivity (Wildman–Crippen MR) is 156 cm³/mol. The molecule has 2 aliphatic rings. The summed E-state index contributed by atoms with van der Waals surface area (Å²) in [5.41, 5.74) is 4.53. The third kappa shape index (κ3) is 4.42. The summed E-state index contributed by atoms with van der Waals surface area (Å²) in [6, 6.07) is 13.8. The van der Waals surface area contributed by atoms with E-state index in [2.05, 4.69) is 25.4 Å². The van der Waals surface area contributed by atoms with Crippen molar-refractivity contribution in [2.45, 2.75) is 18.9 Å². The third-order valence-electron chi connectivity index (χ3n) is 7.81. The van der Waals surface area contributed by atoms with E-state index in [9.17, 15) is 4.79 Å². The lowest BCUT2D eigenvalue weighted by Gasteiger charge is -2.38. The Bertz CT molecular complexity index is 1790. The highest BCUT2D eigenvalue weighted by Gasteiger charge is 2.35. The first-order valence-corrected chi connectivity index (χ1v) is 13.7. The van der Waals surface area contributed by atoms with Crippen LogP contribution < -0.4 is 19.7 Å². The lowest BCUT2D eigenvalue weighted by Crippen LogP contribution is -2.53. The Morgan fingerprint density at radius 3 is 2.71 bits per heavy atom. The fourth-order valence-corrected chi connectivity index (χ4v) is 6.06. The molecule has 2 saturated heterocycles. The highest BCUT2D eigenvalue weighted by Crippen LogP contribution is 2.41. The maximum absolute atomic E-state index is 12.6. The van der Waals surface area contributed by atoms with E-state index in [0.717, 1.165) is 48.3 Å². The number of carbonyl (C=O) groups is 1. The van der Waals surface area contributed by atoms with Gasteiger partial charge < -0.3 is 24.6 Å². The fraction of sp³-hybridized carbons (Fsp3) is 0.276. The highest BCUT2D eigenvalue weighted by molar-refractivity contribution is 6.35. The van der Waals surface area contributed by atoms with Gasteiger partial charge >= 0.3 is 0 Å². The molecule has 1 atom stereocenters. The zero-order chi connectivity index (χ0) is 28.1. The van der Waals surface area contributed by atoms with Crippen LogP contribution in [0.2, 0.25) is 5.02 Å². The molecule has 0 spiro atoms. The van der Waals surface area contributed by atoms with Gasteiger partial charge in [-0.2, -0.15) is 4.98 Å². The van der Waals surface area contributed by atoms with Crippen molar-refractivity contribution in [2.75, 3.05) is 44.1 Å². The molecule has 12 heteroatoms. The second kappa shape index (κ2) is 10.1. The van der Waals surface area contributed by atoms with Gasteiger partial charge in [-0.05, 0) is 49.2 Å². The summed E-state index contributed by atoms with van der Waals surface area (Å²) in [4.78, 5) is 26.1. The molecule has 41 heavy (non-hydrogen) atoms. The molecule has 5 aromatic rings. The lowest BCUT2D eigenvalue weighted by molar-refractivity contribution is -0.131. The molecule has 3 aromatic heterocycles. The molecule has 2 fully saturated rings. The van der Waals surface area contributed by atoms with E-state index in [4.69, 9.17) is 26.1 Å². The van der Waals surface area contributed by atoms with Crippen molar-refractivity contribution in [3.8, 4) is 22.6 Å². The van der Waals surface area contributed by atoms with Crippen LogP contribution in [0.4, 0.5) is 17.3 Å². The third-order valence-corrected chi connectivity index (χ3v) is 8.20. The monoisotopic (exact) mass is 570 g/mol. The topological polar surface area (TPSA) is 110 Å². The van der Waals surface area contributed by atoms with Crippen molar-refractivity contribution in [3.63, 3.8) is 0 Å². The number of pyridine rings is 1. The van der Waals surface area contributed by atoms with Crippen molar-refractivity contribution < 1.29 is 14.3 Å². The number of halogens is 1. The molecular weight excluding hydrogens is 544 g/mol. The highest BCUT2D eigenvalue weighted by atomic mass is 35.5. The summed E-state index contributed by atoms with van der Waals surface area (Å²) >= 11 is 6.70. The minimum Gasteiger partial charge on any atom is -0.497 e. The van der Waals surface area contributed by atoms with Crippen molar-refractivity contribution in [1.82, 2.24) is 29.5 Å². The van der Waals surface area contributed by atoms with Gasteiger partial charge in [-0.25, -0.2) is 4.98 Å². The number of methoxy groups -OCH3 is 2. The van der Waals surface area contributed by atoms with E-state index in [-0.39, 0.29) is 5.91 Å². The number of nitrogens with one attached hydrogen (secondary N) is 1. The van der Waals surface area contributed by atoms with E-state index < -0.39 is 0 Å².